The van der Waals surface area contributed by atoms with E-state index in [-0.39, 0.29) is 5.91 Å². The second-order valence-corrected chi connectivity index (χ2v) is 4.85. The Bertz CT molecular complexity index is 417. The Labute approximate surface area is 102 Å². The van der Waals surface area contributed by atoms with Crippen molar-refractivity contribution in [1.82, 2.24) is 4.90 Å². The molecule has 0 saturated carbocycles. The van der Waals surface area contributed by atoms with E-state index in [1.54, 1.807) is 0 Å². The standard InChI is InChI=1S/C14H19NO2/c1-10-7-12(8-11(2)14(10)17)9-15-6-4-3-5-13(15)16/h7-8,17H,3-6,9H2,1-2H3. The lowest BCUT2D eigenvalue weighted by Gasteiger charge is -2.27. The predicted octanol–water partition coefficient (Wildman–Crippen LogP) is 2.52. The molecule has 1 N–H and O–H groups in total. The Morgan fingerprint density at radius 1 is 1.24 bits per heavy atom. The highest BCUT2D eigenvalue weighted by atomic mass is 16.3. The van der Waals surface area contributed by atoms with E-state index in [9.17, 15) is 9.90 Å². The molecule has 1 aliphatic heterocycles. The van der Waals surface area contributed by atoms with Crippen LogP contribution < -0.4 is 0 Å². The van der Waals surface area contributed by atoms with Gasteiger partial charge in [0.15, 0.2) is 0 Å². The zero-order valence-electron chi connectivity index (χ0n) is 10.5. The average Bonchev–Trinajstić information content (AvgIpc) is 2.29. The number of rotatable bonds is 2. The van der Waals surface area contributed by atoms with Crippen LogP contribution in [0.5, 0.6) is 5.75 Å². The molecule has 0 bridgehead atoms. The van der Waals surface area contributed by atoms with Crippen molar-refractivity contribution >= 4 is 5.91 Å². The summed E-state index contributed by atoms with van der Waals surface area (Å²) in [6.07, 6.45) is 2.79. The summed E-state index contributed by atoms with van der Waals surface area (Å²) in [5, 5.41) is 9.71. The third-order valence-electron chi connectivity index (χ3n) is 3.35. The van der Waals surface area contributed by atoms with Crippen molar-refractivity contribution in [2.75, 3.05) is 6.54 Å². The third-order valence-corrected chi connectivity index (χ3v) is 3.35. The van der Waals surface area contributed by atoms with Gasteiger partial charge >= 0.3 is 0 Å². The van der Waals surface area contributed by atoms with Crippen LogP contribution in [0.15, 0.2) is 12.1 Å². The van der Waals surface area contributed by atoms with Crippen LogP contribution >= 0.6 is 0 Å². The third kappa shape index (κ3) is 2.60. The topological polar surface area (TPSA) is 40.5 Å². The smallest absolute Gasteiger partial charge is 0.222 e. The van der Waals surface area contributed by atoms with E-state index < -0.39 is 0 Å². The molecule has 0 atom stereocenters. The minimum Gasteiger partial charge on any atom is -0.507 e. The fourth-order valence-corrected chi connectivity index (χ4v) is 2.39. The monoisotopic (exact) mass is 233 g/mol. The quantitative estimate of drug-likeness (QED) is 0.852. The lowest BCUT2D eigenvalue weighted by molar-refractivity contribution is -0.133. The lowest BCUT2D eigenvalue weighted by Crippen LogP contribution is -2.34. The number of carbonyl (C=O) groups is 1. The molecule has 1 heterocycles. The Morgan fingerprint density at radius 3 is 2.47 bits per heavy atom. The second-order valence-electron chi connectivity index (χ2n) is 4.85. The van der Waals surface area contributed by atoms with Gasteiger partial charge in [-0.2, -0.15) is 0 Å². The van der Waals surface area contributed by atoms with Crippen LogP contribution in [0.1, 0.15) is 36.0 Å². The molecule has 1 amide bonds. The maximum Gasteiger partial charge on any atom is 0.222 e. The predicted molar refractivity (Wildman–Crippen MR) is 66.8 cm³/mol. The van der Waals surface area contributed by atoms with Gasteiger partial charge in [0, 0.05) is 19.5 Å². The molecule has 3 nitrogen and oxygen atoms in total. The number of carbonyl (C=O) groups excluding carboxylic acids is 1. The van der Waals surface area contributed by atoms with Crippen LogP contribution in [0.25, 0.3) is 0 Å². The van der Waals surface area contributed by atoms with Crippen molar-refractivity contribution in [2.24, 2.45) is 0 Å². The molecule has 0 unspecified atom stereocenters. The first-order chi connectivity index (χ1) is 8.08. The number of nitrogens with zero attached hydrogens (tertiary/aromatic N) is 1. The Morgan fingerprint density at radius 2 is 1.88 bits per heavy atom. The summed E-state index contributed by atoms with van der Waals surface area (Å²) in [6.45, 7) is 5.31. The minimum atomic E-state index is 0.250. The van der Waals surface area contributed by atoms with Gasteiger partial charge in [-0.25, -0.2) is 0 Å². The fraction of sp³-hybridized carbons (Fsp3) is 0.500. The number of hydrogen-bond donors (Lipinski definition) is 1. The van der Waals surface area contributed by atoms with Crippen LogP contribution in [0.3, 0.4) is 0 Å². The SMILES string of the molecule is Cc1cc(CN2CCCCC2=O)cc(C)c1O. The molecule has 1 aromatic carbocycles. The van der Waals surface area contributed by atoms with Gasteiger partial charge in [0.2, 0.25) is 5.91 Å². The zero-order chi connectivity index (χ0) is 12.4. The van der Waals surface area contributed by atoms with Crippen LogP contribution in [-0.2, 0) is 11.3 Å². The Balaban J connectivity index is 2.15. The zero-order valence-corrected chi connectivity index (χ0v) is 10.5. The first-order valence-corrected chi connectivity index (χ1v) is 6.15. The van der Waals surface area contributed by atoms with Crippen molar-refractivity contribution in [2.45, 2.75) is 39.7 Å². The van der Waals surface area contributed by atoms with Gasteiger partial charge in [-0.1, -0.05) is 12.1 Å². The highest BCUT2D eigenvalue weighted by molar-refractivity contribution is 5.76. The number of phenolic OH excluding ortho intramolecular Hbond substituents is 1. The van der Waals surface area contributed by atoms with E-state index in [1.807, 2.05) is 30.9 Å². The lowest BCUT2D eigenvalue weighted by atomic mass is 10.0. The molecule has 0 aromatic heterocycles. The summed E-state index contributed by atoms with van der Waals surface area (Å²) in [5.74, 6) is 0.610. The van der Waals surface area contributed by atoms with Crippen LogP contribution in [0, 0.1) is 13.8 Å². The molecule has 1 aliphatic rings. The van der Waals surface area contributed by atoms with Gasteiger partial charge < -0.3 is 10.0 Å². The minimum absolute atomic E-state index is 0.250. The molecule has 1 aromatic rings. The number of piperidine rings is 1. The van der Waals surface area contributed by atoms with E-state index in [0.29, 0.717) is 18.7 Å². The number of phenols is 1. The summed E-state index contributed by atoms with van der Waals surface area (Å²) in [4.78, 5) is 13.6. The summed E-state index contributed by atoms with van der Waals surface area (Å²) in [7, 11) is 0. The highest BCUT2D eigenvalue weighted by Gasteiger charge is 2.18. The highest BCUT2D eigenvalue weighted by Crippen LogP contribution is 2.24. The van der Waals surface area contributed by atoms with Gasteiger partial charge in [0.25, 0.3) is 0 Å². The molecule has 0 radical (unpaired) electrons. The summed E-state index contributed by atoms with van der Waals surface area (Å²) in [6, 6.07) is 3.93. The number of amides is 1. The number of aryl methyl sites for hydroxylation is 2. The van der Waals surface area contributed by atoms with E-state index >= 15 is 0 Å². The molecular formula is C14H19NO2. The van der Waals surface area contributed by atoms with Crippen molar-refractivity contribution in [1.29, 1.82) is 0 Å². The van der Waals surface area contributed by atoms with Crippen LogP contribution in [0.2, 0.25) is 0 Å². The number of benzene rings is 1. The molecule has 1 fully saturated rings. The number of aromatic hydroxyl groups is 1. The van der Waals surface area contributed by atoms with Crippen molar-refractivity contribution in [3.63, 3.8) is 0 Å². The van der Waals surface area contributed by atoms with E-state index in [0.717, 1.165) is 36.1 Å². The summed E-state index contributed by atoms with van der Waals surface area (Å²) in [5.41, 5.74) is 2.86. The van der Waals surface area contributed by atoms with E-state index in [4.69, 9.17) is 0 Å². The van der Waals surface area contributed by atoms with E-state index in [2.05, 4.69) is 0 Å². The number of likely N-dealkylation sites (tertiary alicyclic amines) is 1. The van der Waals surface area contributed by atoms with Crippen LogP contribution in [-0.4, -0.2) is 22.5 Å². The van der Waals surface area contributed by atoms with Gasteiger partial charge in [-0.15, -0.1) is 0 Å². The Hall–Kier alpha value is -1.51. The number of hydrogen-bond acceptors (Lipinski definition) is 2. The molecule has 3 heteroatoms. The average molecular weight is 233 g/mol. The molecule has 92 valence electrons. The van der Waals surface area contributed by atoms with Crippen molar-refractivity contribution in [3.05, 3.63) is 28.8 Å². The summed E-state index contributed by atoms with van der Waals surface area (Å²) >= 11 is 0. The van der Waals surface area contributed by atoms with E-state index in [1.165, 1.54) is 0 Å². The molecule has 1 saturated heterocycles. The Kier molecular flexibility index (Phi) is 3.36. The normalized spacial score (nSPS) is 16.4. The maximum absolute atomic E-state index is 11.7. The van der Waals surface area contributed by atoms with Gasteiger partial charge in [-0.05, 0) is 43.4 Å². The van der Waals surface area contributed by atoms with Gasteiger partial charge in [-0.3, -0.25) is 4.79 Å². The molecule has 17 heavy (non-hydrogen) atoms. The first-order valence-electron chi connectivity index (χ1n) is 6.15. The summed E-state index contributed by atoms with van der Waals surface area (Å²) < 4.78 is 0. The molecular weight excluding hydrogens is 214 g/mol. The molecule has 0 spiro atoms. The maximum atomic E-state index is 11.7. The second kappa shape index (κ2) is 4.78. The van der Waals surface area contributed by atoms with Crippen molar-refractivity contribution in [3.8, 4) is 5.75 Å². The van der Waals surface area contributed by atoms with Crippen molar-refractivity contribution < 1.29 is 9.90 Å². The van der Waals surface area contributed by atoms with Gasteiger partial charge in [0.05, 0.1) is 0 Å². The fourth-order valence-electron chi connectivity index (χ4n) is 2.39. The first kappa shape index (κ1) is 12.0. The largest absolute Gasteiger partial charge is 0.507 e. The molecule has 0 aliphatic carbocycles. The molecule has 2 rings (SSSR count). The van der Waals surface area contributed by atoms with Gasteiger partial charge in [0.1, 0.15) is 5.75 Å². The van der Waals surface area contributed by atoms with Crippen LogP contribution in [0.4, 0.5) is 0 Å².